The van der Waals surface area contributed by atoms with Crippen molar-refractivity contribution in [2.75, 3.05) is 13.2 Å². The van der Waals surface area contributed by atoms with Crippen molar-refractivity contribution in [3.63, 3.8) is 0 Å². The molecule has 0 aliphatic rings. The summed E-state index contributed by atoms with van der Waals surface area (Å²) < 4.78 is 31.1. The number of hydrogen-bond acceptors (Lipinski definition) is 3. The fourth-order valence-electron chi connectivity index (χ4n) is 1.79. The molecule has 7 heteroatoms. The van der Waals surface area contributed by atoms with Gasteiger partial charge in [0.2, 0.25) is 0 Å². The molecular weight excluding hydrogens is 328 g/mol. The number of halogens is 3. The summed E-state index contributed by atoms with van der Waals surface area (Å²) in [6.07, 6.45) is -0.999. The highest BCUT2D eigenvalue weighted by Crippen LogP contribution is 2.17. The first-order valence-corrected chi connectivity index (χ1v) is 7.13. The molecule has 0 saturated carbocycles. The zero-order chi connectivity index (χ0) is 16.8. The van der Waals surface area contributed by atoms with Gasteiger partial charge in [0.1, 0.15) is 30.1 Å². The fourth-order valence-corrected chi connectivity index (χ4v) is 2.04. The summed E-state index contributed by atoms with van der Waals surface area (Å²) in [6, 6.07) is 8.88. The molecule has 0 bridgehead atoms. The summed E-state index contributed by atoms with van der Waals surface area (Å²) in [6.45, 7) is -0.220. The van der Waals surface area contributed by atoms with Crippen LogP contribution < -0.4 is 10.1 Å². The van der Waals surface area contributed by atoms with Gasteiger partial charge in [-0.3, -0.25) is 4.79 Å². The van der Waals surface area contributed by atoms with Gasteiger partial charge in [0.15, 0.2) is 0 Å². The summed E-state index contributed by atoms with van der Waals surface area (Å²) in [7, 11) is 0. The minimum Gasteiger partial charge on any atom is -0.491 e. The maximum Gasteiger partial charge on any atom is 0.252 e. The molecule has 0 saturated heterocycles. The van der Waals surface area contributed by atoms with Crippen molar-refractivity contribution in [2.24, 2.45) is 0 Å². The van der Waals surface area contributed by atoms with Gasteiger partial charge in [0, 0.05) is 12.6 Å². The lowest BCUT2D eigenvalue weighted by atomic mass is 10.2. The Kier molecular flexibility index (Phi) is 5.90. The number of aliphatic hydroxyl groups excluding tert-OH is 1. The average molecular weight is 342 g/mol. The molecule has 0 aliphatic carbocycles. The maximum absolute atomic E-state index is 13.0. The first-order valence-electron chi connectivity index (χ1n) is 6.75. The van der Waals surface area contributed by atoms with Crippen LogP contribution in [0.15, 0.2) is 42.5 Å². The van der Waals surface area contributed by atoms with Crippen molar-refractivity contribution in [3.05, 3.63) is 64.7 Å². The first kappa shape index (κ1) is 17.2. The van der Waals surface area contributed by atoms with Crippen LogP contribution in [0.2, 0.25) is 5.02 Å². The van der Waals surface area contributed by atoms with Gasteiger partial charge in [0.25, 0.3) is 5.91 Å². The molecule has 122 valence electrons. The molecule has 4 nitrogen and oxygen atoms in total. The summed E-state index contributed by atoms with van der Waals surface area (Å²) in [5.74, 6) is -1.26. The third-order valence-electron chi connectivity index (χ3n) is 2.91. The highest BCUT2D eigenvalue weighted by atomic mass is 35.5. The van der Waals surface area contributed by atoms with E-state index >= 15 is 0 Å². The molecule has 2 N–H and O–H groups in total. The maximum atomic E-state index is 13.0. The Bertz CT molecular complexity index is 697. The highest BCUT2D eigenvalue weighted by molar-refractivity contribution is 6.33. The number of carbonyl (C=O) groups excluding carboxylic acids is 1. The van der Waals surface area contributed by atoms with Crippen LogP contribution in [-0.2, 0) is 0 Å². The predicted octanol–water partition coefficient (Wildman–Crippen LogP) is 2.79. The van der Waals surface area contributed by atoms with Crippen LogP contribution in [0.4, 0.5) is 8.78 Å². The molecule has 23 heavy (non-hydrogen) atoms. The van der Waals surface area contributed by atoms with Crippen LogP contribution in [0.3, 0.4) is 0 Å². The molecule has 0 aliphatic heterocycles. The molecule has 0 spiro atoms. The zero-order valence-electron chi connectivity index (χ0n) is 11.9. The van der Waals surface area contributed by atoms with E-state index in [9.17, 15) is 18.7 Å². The molecule has 0 unspecified atom stereocenters. The number of nitrogens with one attached hydrogen (secondary N) is 1. The predicted molar refractivity (Wildman–Crippen MR) is 81.6 cm³/mol. The number of rotatable bonds is 6. The number of hydrogen-bond donors (Lipinski definition) is 2. The van der Waals surface area contributed by atoms with Gasteiger partial charge in [-0.2, -0.15) is 0 Å². The van der Waals surface area contributed by atoms with E-state index in [2.05, 4.69) is 5.32 Å². The molecule has 2 rings (SSSR count). The number of carbonyl (C=O) groups is 1. The van der Waals surface area contributed by atoms with Gasteiger partial charge in [-0.1, -0.05) is 17.7 Å². The number of aliphatic hydroxyl groups is 1. The summed E-state index contributed by atoms with van der Waals surface area (Å²) in [5, 5.41) is 12.2. The Morgan fingerprint density at radius 2 is 1.96 bits per heavy atom. The standard InChI is InChI=1S/C16H14ClF2NO3/c17-15-7-11(19)4-5-14(15)16(22)20-8-12(21)9-23-13-3-1-2-10(18)6-13/h1-7,12,21H,8-9H2,(H,20,22)/t12-/m1/s1. The minimum absolute atomic E-state index is 0.0204. The Labute approximate surface area is 136 Å². The van der Waals surface area contributed by atoms with Gasteiger partial charge in [-0.15, -0.1) is 0 Å². The SMILES string of the molecule is O=C(NC[C@@H](O)COc1cccc(F)c1)c1ccc(F)cc1Cl. The second kappa shape index (κ2) is 7.89. The lowest BCUT2D eigenvalue weighted by Gasteiger charge is -2.13. The second-order valence-corrected chi connectivity index (χ2v) is 5.16. The second-order valence-electron chi connectivity index (χ2n) is 4.76. The molecular formula is C16H14ClF2NO3. The van der Waals surface area contributed by atoms with Crippen molar-refractivity contribution in [3.8, 4) is 5.75 Å². The molecule has 1 amide bonds. The third kappa shape index (κ3) is 5.19. The van der Waals surface area contributed by atoms with Crippen molar-refractivity contribution in [2.45, 2.75) is 6.10 Å². The number of benzene rings is 2. The van der Waals surface area contributed by atoms with Crippen molar-refractivity contribution in [1.82, 2.24) is 5.32 Å². The van der Waals surface area contributed by atoms with E-state index in [1.807, 2.05) is 0 Å². The lowest BCUT2D eigenvalue weighted by Crippen LogP contribution is -2.35. The quantitative estimate of drug-likeness (QED) is 0.849. The average Bonchev–Trinajstić information content (AvgIpc) is 2.50. The molecule has 1 atom stereocenters. The van der Waals surface area contributed by atoms with Crippen LogP contribution >= 0.6 is 11.6 Å². The van der Waals surface area contributed by atoms with E-state index in [0.29, 0.717) is 0 Å². The van der Waals surface area contributed by atoms with Crippen molar-refractivity contribution >= 4 is 17.5 Å². The summed E-state index contributed by atoms with van der Waals surface area (Å²) in [5.41, 5.74) is 0.103. The van der Waals surface area contributed by atoms with E-state index in [1.54, 1.807) is 6.07 Å². The van der Waals surface area contributed by atoms with Gasteiger partial charge in [-0.25, -0.2) is 8.78 Å². The van der Waals surface area contributed by atoms with Gasteiger partial charge in [0.05, 0.1) is 10.6 Å². The summed E-state index contributed by atoms with van der Waals surface area (Å²) >= 11 is 5.77. The molecule has 0 heterocycles. The van der Waals surface area contributed by atoms with Crippen LogP contribution in [-0.4, -0.2) is 30.3 Å². The molecule has 0 aromatic heterocycles. The number of ether oxygens (including phenoxy) is 1. The normalized spacial score (nSPS) is 11.8. The molecule has 2 aromatic rings. The largest absolute Gasteiger partial charge is 0.491 e. The van der Waals surface area contributed by atoms with E-state index in [0.717, 1.165) is 12.1 Å². The third-order valence-corrected chi connectivity index (χ3v) is 3.23. The molecule has 0 radical (unpaired) electrons. The van der Waals surface area contributed by atoms with Gasteiger partial charge < -0.3 is 15.2 Å². The monoisotopic (exact) mass is 341 g/mol. The van der Waals surface area contributed by atoms with Crippen LogP contribution in [0.25, 0.3) is 0 Å². The topological polar surface area (TPSA) is 58.6 Å². The Balaban J connectivity index is 1.81. The molecule has 0 fully saturated rings. The van der Waals surface area contributed by atoms with Crippen LogP contribution in [0.1, 0.15) is 10.4 Å². The van der Waals surface area contributed by atoms with Crippen molar-refractivity contribution in [1.29, 1.82) is 0 Å². The Hall–Kier alpha value is -2.18. The zero-order valence-corrected chi connectivity index (χ0v) is 12.7. The van der Waals surface area contributed by atoms with Crippen LogP contribution in [0.5, 0.6) is 5.75 Å². The highest BCUT2D eigenvalue weighted by Gasteiger charge is 2.13. The Morgan fingerprint density at radius 3 is 2.65 bits per heavy atom. The number of amides is 1. The van der Waals surface area contributed by atoms with Gasteiger partial charge in [-0.05, 0) is 30.3 Å². The summed E-state index contributed by atoms with van der Waals surface area (Å²) in [4.78, 5) is 11.9. The molecule has 2 aromatic carbocycles. The van der Waals surface area contributed by atoms with E-state index in [-0.39, 0.29) is 29.5 Å². The van der Waals surface area contributed by atoms with E-state index < -0.39 is 23.6 Å². The Morgan fingerprint density at radius 1 is 1.22 bits per heavy atom. The minimum atomic E-state index is -0.999. The smallest absolute Gasteiger partial charge is 0.252 e. The first-order chi connectivity index (χ1) is 11.0. The van der Waals surface area contributed by atoms with Crippen LogP contribution in [0, 0.1) is 11.6 Å². The van der Waals surface area contributed by atoms with E-state index in [1.165, 1.54) is 24.3 Å². The fraction of sp³-hybridized carbons (Fsp3) is 0.188. The van der Waals surface area contributed by atoms with Crippen molar-refractivity contribution < 1.29 is 23.4 Å². The van der Waals surface area contributed by atoms with E-state index in [4.69, 9.17) is 16.3 Å². The van der Waals surface area contributed by atoms with Gasteiger partial charge >= 0.3 is 0 Å². The lowest BCUT2D eigenvalue weighted by molar-refractivity contribution is 0.0843.